The van der Waals surface area contributed by atoms with Crippen molar-refractivity contribution in [2.24, 2.45) is 5.92 Å². The zero-order chi connectivity index (χ0) is 17.2. The molecule has 25 heavy (non-hydrogen) atoms. The molecule has 2 aromatic rings. The smallest absolute Gasteiger partial charge is 0.226 e. The summed E-state index contributed by atoms with van der Waals surface area (Å²) in [7, 11) is 0. The van der Waals surface area contributed by atoms with Gasteiger partial charge in [-0.05, 0) is 36.1 Å². The molecule has 1 aliphatic heterocycles. The highest BCUT2D eigenvalue weighted by Gasteiger charge is 2.47. The number of aliphatic hydroxyl groups excluding tert-OH is 1. The van der Waals surface area contributed by atoms with Gasteiger partial charge in [-0.2, -0.15) is 0 Å². The summed E-state index contributed by atoms with van der Waals surface area (Å²) in [5.41, 5.74) is 1.13. The number of aliphatic hydroxyl groups is 1. The quantitative estimate of drug-likeness (QED) is 0.901. The molecule has 0 aromatic carbocycles. The minimum Gasteiger partial charge on any atom is -0.467 e. The predicted octanol–water partition coefficient (Wildman–Crippen LogP) is 2.13. The van der Waals surface area contributed by atoms with E-state index in [1.807, 2.05) is 23.2 Å². The number of carbonyl (C=O) groups excluding carboxylic acids is 1. The van der Waals surface area contributed by atoms with Crippen LogP contribution in [0.3, 0.4) is 0 Å². The maximum absolute atomic E-state index is 13.0. The second-order valence-corrected chi connectivity index (χ2v) is 6.76. The normalized spacial score (nSPS) is 27.1. The number of hydrogen-bond acceptors (Lipinski definition) is 5. The lowest BCUT2D eigenvalue weighted by Crippen LogP contribution is -2.50. The van der Waals surface area contributed by atoms with Gasteiger partial charge in [-0.1, -0.05) is 6.07 Å². The average molecular weight is 342 g/mol. The molecule has 1 saturated carbocycles. The summed E-state index contributed by atoms with van der Waals surface area (Å²) in [5, 5.41) is 10.3. The lowest BCUT2D eigenvalue weighted by Gasteiger charge is -2.36. The summed E-state index contributed by atoms with van der Waals surface area (Å²) in [6.07, 6.45) is 5.69. The number of furan rings is 1. The Bertz CT molecular complexity index is 703. The number of morpholine rings is 1. The number of aromatic nitrogens is 1. The van der Waals surface area contributed by atoms with Crippen molar-refractivity contribution in [3.63, 3.8) is 0 Å². The largest absolute Gasteiger partial charge is 0.467 e. The first kappa shape index (κ1) is 16.3. The summed E-state index contributed by atoms with van der Waals surface area (Å²) in [6, 6.07) is 7.31. The van der Waals surface area contributed by atoms with Crippen molar-refractivity contribution >= 4 is 5.91 Å². The molecule has 132 valence electrons. The molecule has 0 unspecified atom stereocenters. The lowest BCUT2D eigenvalue weighted by atomic mass is 10.0. The maximum Gasteiger partial charge on any atom is 0.226 e. The van der Waals surface area contributed by atoms with Gasteiger partial charge in [-0.3, -0.25) is 9.78 Å². The number of hydrogen-bond donors (Lipinski definition) is 1. The first-order chi connectivity index (χ1) is 12.2. The van der Waals surface area contributed by atoms with Crippen molar-refractivity contribution in [2.75, 3.05) is 19.8 Å². The standard InChI is InChI=1S/C19H22N2O4/c22-17(18-4-2-7-25-18)9-14-12-24-8-6-21(14)19(23)16-10-15(16)13-3-1-5-20-11-13/h1-5,7,11,14-17,22H,6,8-10,12H2/t14-,15+,16-,17-/m1/s1. The van der Waals surface area contributed by atoms with Gasteiger partial charge in [0.15, 0.2) is 0 Å². The van der Waals surface area contributed by atoms with Gasteiger partial charge < -0.3 is 19.2 Å². The third kappa shape index (κ3) is 3.45. The minimum absolute atomic E-state index is 0.0190. The van der Waals surface area contributed by atoms with Gasteiger partial charge in [0.2, 0.25) is 5.91 Å². The van der Waals surface area contributed by atoms with E-state index in [9.17, 15) is 9.90 Å². The molecule has 2 aliphatic rings. The minimum atomic E-state index is -0.731. The predicted molar refractivity (Wildman–Crippen MR) is 89.7 cm³/mol. The Morgan fingerprint density at radius 3 is 3.08 bits per heavy atom. The van der Waals surface area contributed by atoms with Crippen molar-refractivity contribution in [2.45, 2.75) is 30.9 Å². The highest BCUT2D eigenvalue weighted by Crippen LogP contribution is 2.48. The molecule has 2 fully saturated rings. The van der Waals surface area contributed by atoms with Crippen molar-refractivity contribution < 1.29 is 19.1 Å². The van der Waals surface area contributed by atoms with Gasteiger partial charge in [0.05, 0.1) is 25.5 Å². The third-order valence-electron chi connectivity index (χ3n) is 5.10. The molecule has 1 N–H and O–H groups in total. The number of pyridine rings is 1. The van der Waals surface area contributed by atoms with E-state index in [4.69, 9.17) is 9.15 Å². The van der Waals surface area contributed by atoms with E-state index >= 15 is 0 Å². The zero-order valence-corrected chi connectivity index (χ0v) is 14.0. The van der Waals surface area contributed by atoms with Crippen LogP contribution < -0.4 is 0 Å². The Morgan fingerprint density at radius 2 is 2.32 bits per heavy atom. The highest BCUT2D eigenvalue weighted by atomic mass is 16.5. The SMILES string of the molecule is O=C([C@@H]1C[C@H]1c1cccnc1)N1CCOC[C@H]1C[C@@H](O)c1ccco1. The van der Waals surface area contributed by atoms with E-state index in [-0.39, 0.29) is 23.8 Å². The second-order valence-electron chi connectivity index (χ2n) is 6.76. The molecule has 6 heteroatoms. The van der Waals surface area contributed by atoms with Gasteiger partial charge in [-0.15, -0.1) is 0 Å². The average Bonchev–Trinajstić information content (AvgIpc) is 3.26. The van der Waals surface area contributed by atoms with Crippen molar-refractivity contribution in [3.05, 3.63) is 54.2 Å². The van der Waals surface area contributed by atoms with E-state index in [0.717, 1.165) is 12.0 Å². The maximum atomic E-state index is 13.0. The molecule has 4 rings (SSSR count). The van der Waals surface area contributed by atoms with Crippen LogP contribution in [0.25, 0.3) is 0 Å². The summed E-state index contributed by atoms with van der Waals surface area (Å²) in [6.45, 7) is 1.57. The zero-order valence-electron chi connectivity index (χ0n) is 14.0. The van der Waals surface area contributed by atoms with Crippen LogP contribution in [0.4, 0.5) is 0 Å². The van der Waals surface area contributed by atoms with Crippen LogP contribution in [0.5, 0.6) is 0 Å². The van der Waals surface area contributed by atoms with Crippen LogP contribution in [0.2, 0.25) is 0 Å². The third-order valence-corrected chi connectivity index (χ3v) is 5.10. The molecule has 0 bridgehead atoms. The topological polar surface area (TPSA) is 75.8 Å². The fourth-order valence-electron chi connectivity index (χ4n) is 3.64. The summed E-state index contributed by atoms with van der Waals surface area (Å²) >= 11 is 0. The summed E-state index contributed by atoms with van der Waals surface area (Å²) < 4.78 is 10.8. The van der Waals surface area contributed by atoms with Crippen molar-refractivity contribution in [1.29, 1.82) is 0 Å². The van der Waals surface area contributed by atoms with E-state index < -0.39 is 6.10 Å². The van der Waals surface area contributed by atoms with Crippen LogP contribution in [-0.2, 0) is 9.53 Å². The van der Waals surface area contributed by atoms with Crippen LogP contribution in [-0.4, -0.2) is 46.7 Å². The second kappa shape index (κ2) is 6.98. The molecule has 0 radical (unpaired) electrons. The Morgan fingerprint density at radius 1 is 1.40 bits per heavy atom. The summed E-state index contributed by atoms with van der Waals surface area (Å²) in [5.74, 6) is 0.969. The molecule has 6 nitrogen and oxygen atoms in total. The fourth-order valence-corrected chi connectivity index (χ4v) is 3.64. The molecule has 1 aliphatic carbocycles. The van der Waals surface area contributed by atoms with Crippen LogP contribution >= 0.6 is 0 Å². The molecule has 1 amide bonds. The van der Waals surface area contributed by atoms with E-state index in [1.54, 1.807) is 24.6 Å². The number of nitrogens with zero attached hydrogens (tertiary/aromatic N) is 2. The highest BCUT2D eigenvalue weighted by molar-refractivity contribution is 5.83. The van der Waals surface area contributed by atoms with Crippen LogP contribution in [0.1, 0.15) is 36.2 Å². The Balaban J connectivity index is 1.42. The van der Waals surface area contributed by atoms with E-state index in [2.05, 4.69) is 4.98 Å². The molecular formula is C19H22N2O4. The Kier molecular flexibility index (Phi) is 4.55. The van der Waals surface area contributed by atoms with Gasteiger partial charge in [-0.25, -0.2) is 0 Å². The van der Waals surface area contributed by atoms with Gasteiger partial charge in [0, 0.05) is 31.3 Å². The number of rotatable bonds is 5. The molecule has 1 saturated heterocycles. The monoisotopic (exact) mass is 342 g/mol. The van der Waals surface area contributed by atoms with Crippen molar-refractivity contribution in [3.8, 4) is 0 Å². The van der Waals surface area contributed by atoms with E-state index in [1.165, 1.54) is 0 Å². The first-order valence-corrected chi connectivity index (χ1v) is 8.73. The number of carbonyl (C=O) groups is 1. The lowest BCUT2D eigenvalue weighted by molar-refractivity contribution is -0.142. The van der Waals surface area contributed by atoms with Gasteiger partial charge >= 0.3 is 0 Å². The molecule has 0 spiro atoms. The van der Waals surface area contributed by atoms with Crippen molar-refractivity contribution in [1.82, 2.24) is 9.88 Å². The Hall–Kier alpha value is -2.18. The fraction of sp³-hybridized carbons (Fsp3) is 0.474. The number of ether oxygens (including phenoxy) is 1. The van der Waals surface area contributed by atoms with Crippen LogP contribution in [0, 0.1) is 5.92 Å². The molecule has 4 atom stereocenters. The molecule has 3 heterocycles. The van der Waals surface area contributed by atoms with E-state index in [0.29, 0.717) is 31.9 Å². The first-order valence-electron chi connectivity index (χ1n) is 8.73. The number of amides is 1. The van der Waals surface area contributed by atoms with Crippen LogP contribution in [0.15, 0.2) is 47.3 Å². The summed E-state index contributed by atoms with van der Waals surface area (Å²) in [4.78, 5) is 19.0. The Labute approximate surface area is 146 Å². The van der Waals surface area contributed by atoms with Gasteiger partial charge in [0.25, 0.3) is 0 Å². The molecule has 2 aromatic heterocycles. The van der Waals surface area contributed by atoms with Gasteiger partial charge in [0.1, 0.15) is 11.9 Å². The molecular weight excluding hydrogens is 320 g/mol.